The Labute approximate surface area is 208 Å². The van der Waals surface area contributed by atoms with Crippen molar-refractivity contribution in [1.82, 2.24) is 4.90 Å². The standard InChI is InChI=1S/C26H36INO3Si/c1-25(2,3)31-24(29)28-18-20(27)17-21(28)19-30-32(26(4,5)6,22-13-9-7-10-14-22)23-15-11-8-12-16-23/h7-16,20-21H,17-19H2,1-6H3/t20?,21-/m1/s1. The van der Waals surface area contributed by atoms with Gasteiger partial charge in [0.25, 0.3) is 8.32 Å². The molecule has 6 heteroatoms. The number of hydrogen-bond donors (Lipinski definition) is 0. The minimum atomic E-state index is -2.63. The maximum Gasteiger partial charge on any atom is 0.410 e. The molecule has 3 rings (SSSR count). The van der Waals surface area contributed by atoms with E-state index < -0.39 is 13.9 Å². The second kappa shape index (κ2) is 9.85. The Balaban J connectivity index is 1.96. The van der Waals surface area contributed by atoms with Crippen molar-refractivity contribution in [2.24, 2.45) is 0 Å². The molecule has 1 aliphatic rings. The average Bonchev–Trinajstić information content (AvgIpc) is 3.09. The van der Waals surface area contributed by atoms with E-state index in [0.29, 0.717) is 17.1 Å². The van der Waals surface area contributed by atoms with Crippen LogP contribution in [0.4, 0.5) is 4.79 Å². The predicted molar refractivity (Wildman–Crippen MR) is 143 cm³/mol. The van der Waals surface area contributed by atoms with E-state index in [1.54, 1.807) is 0 Å². The van der Waals surface area contributed by atoms with Crippen molar-refractivity contribution in [2.45, 2.75) is 68.6 Å². The molecule has 32 heavy (non-hydrogen) atoms. The van der Waals surface area contributed by atoms with Gasteiger partial charge in [0, 0.05) is 10.5 Å². The van der Waals surface area contributed by atoms with Crippen LogP contribution in [0.3, 0.4) is 0 Å². The molecule has 2 aromatic carbocycles. The van der Waals surface area contributed by atoms with Crippen molar-refractivity contribution < 1.29 is 14.0 Å². The van der Waals surface area contributed by atoms with Crippen molar-refractivity contribution in [3.05, 3.63) is 60.7 Å². The molecule has 174 valence electrons. The molecule has 1 fully saturated rings. The molecule has 4 nitrogen and oxygen atoms in total. The zero-order valence-corrected chi connectivity index (χ0v) is 23.3. The number of amides is 1. The summed E-state index contributed by atoms with van der Waals surface area (Å²) in [4.78, 5) is 14.8. The van der Waals surface area contributed by atoms with Crippen LogP contribution in [0, 0.1) is 0 Å². The maximum atomic E-state index is 12.9. The number of benzene rings is 2. The summed E-state index contributed by atoms with van der Waals surface area (Å²) in [7, 11) is -2.63. The van der Waals surface area contributed by atoms with Gasteiger partial charge in [-0.1, -0.05) is 104 Å². The van der Waals surface area contributed by atoms with Gasteiger partial charge in [-0.3, -0.25) is 0 Å². The third-order valence-electron chi connectivity index (χ3n) is 5.90. The fraction of sp³-hybridized carbons (Fsp3) is 0.500. The first-order valence-electron chi connectivity index (χ1n) is 11.3. The lowest BCUT2D eigenvalue weighted by Crippen LogP contribution is -2.67. The summed E-state index contributed by atoms with van der Waals surface area (Å²) in [6.07, 6.45) is 0.672. The molecule has 0 saturated carbocycles. The van der Waals surface area contributed by atoms with Crippen LogP contribution in [-0.4, -0.2) is 48.0 Å². The van der Waals surface area contributed by atoms with Gasteiger partial charge in [-0.2, -0.15) is 0 Å². The van der Waals surface area contributed by atoms with Crippen LogP contribution in [0.1, 0.15) is 48.0 Å². The maximum absolute atomic E-state index is 12.9. The second-order valence-electron chi connectivity index (χ2n) is 10.6. The van der Waals surface area contributed by atoms with Gasteiger partial charge in [-0.05, 0) is 42.6 Å². The largest absolute Gasteiger partial charge is 0.444 e. The lowest BCUT2D eigenvalue weighted by molar-refractivity contribution is 0.0184. The van der Waals surface area contributed by atoms with Gasteiger partial charge < -0.3 is 14.1 Å². The molecule has 0 aliphatic carbocycles. The molecular formula is C26H36INO3Si. The molecule has 1 unspecified atom stereocenters. The highest BCUT2D eigenvalue weighted by molar-refractivity contribution is 14.1. The van der Waals surface area contributed by atoms with Crippen LogP contribution in [0.15, 0.2) is 60.7 Å². The van der Waals surface area contributed by atoms with E-state index in [2.05, 4.69) is 104 Å². The van der Waals surface area contributed by atoms with Gasteiger partial charge in [0.15, 0.2) is 0 Å². The van der Waals surface area contributed by atoms with Gasteiger partial charge in [-0.15, -0.1) is 0 Å². The van der Waals surface area contributed by atoms with Crippen LogP contribution in [0.2, 0.25) is 5.04 Å². The summed E-state index contributed by atoms with van der Waals surface area (Å²) in [6.45, 7) is 13.8. The smallest absolute Gasteiger partial charge is 0.410 e. The summed E-state index contributed by atoms with van der Waals surface area (Å²) in [5.41, 5.74) is -0.510. The van der Waals surface area contributed by atoms with Crippen LogP contribution in [0.25, 0.3) is 0 Å². The number of hydrogen-bond acceptors (Lipinski definition) is 3. The summed E-state index contributed by atoms with van der Waals surface area (Å²) in [5.74, 6) is 0. The lowest BCUT2D eigenvalue weighted by atomic mass is 10.2. The van der Waals surface area contributed by atoms with Gasteiger partial charge in [0.05, 0.1) is 12.6 Å². The Morgan fingerprint density at radius 1 is 0.969 bits per heavy atom. The third kappa shape index (κ3) is 5.57. The summed E-state index contributed by atoms with van der Waals surface area (Å²) in [5, 5.41) is 2.42. The number of halogens is 1. The number of ether oxygens (including phenoxy) is 1. The van der Waals surface area contributed by atoms with E-state index in [4.69, 9.17) is 9.16 Å². The molecule has 0 spiro atoms. The number of carbonyl (C=O) groups excluding carboxylic acids is 1. The van der Waals surface area contributed by atoms with E-state index >= 15 is 0 Å². The number of alkyl halides is 1. The molecule has 1 saturated heterocycles. The molecule has 2 aromatic rings. The van der Waals surface area contributed by atoms with E-state index in [0.717, 1.165) is 6.42 Å². The molecule has 1 aliphatic heterocycles. The van der Waals surface area contributed by atoms with E-state index in [-0.39, 0.29) is 17.2 Å². The van der Waals surface area contributed by atoms with Gasteiger partial charge in [0.1, 0.15) is 5.60 Å². The van der Waals surface area contributed by atoms with Crippen LogP contribution in [-0.2, 0) is 9.16 Å². The summed E-state index contributed by atoms with van der Waals surface area (Å²) in [6, 6.07) is 21.3. The van der Waals surface area contributed by atoms with Crippen molar-refractivity contribution in [3.8, 4) is 0 Å². The van der Waals surface area contributed by atoms with Gasteiger partial charge >= 0.3 is 6.09 Å². The Morgan fingerprint density at radius 3 is 1.91 bits per heavy atom. The Morgan fingerprint density at radius 2 is 1.47 bits per heavy atom. The number of likely N-dealkylation sites (tertiary alicyclic amines) is 1. The zero-order chi connectivity index (χ0) is 23.6. The normalized spacial score (nSPS) is 19.8. The Hall–Kier alpha value is -1.38. The highest BCUT2D eigenvalue weighted by Crippen LogP contribution is 2.37. The first-order valence-corrected chi connectivity index (χ1v) is 14.5. The third-order valence-corrected chi connectivity index (χ3v) is 11.8. The Bertz CT molecular complexity index is 853. The average molecular weight is 566 g/mol. The fourth-order valence-electron chi connectivity index (χ4n) is 4.54. The van der Waals surface area contributed by atoms with Crippen LogP contribution in [0.5, 0.6) is 0 Å². The first kappa shape index (κ1) is 25.2. The molecule has 0 N–H and O–H groups in total. The number of rotatable bonds is 5. The minimum absolute atomic E-state index is 0.00778. The minimum Gasteiger partial charge on any atom is -0.444 e. The monoisotopic (exact) mass is 565 g/mol. The Kier molecular flexibility index (Phi) is 7.77. The zero-order valence-electron chi connectivity index (χ0n) is 20.1. The number of nitrogens with zero attached hydrogens (tertiary/aromatic N) is 1. The van der Waals surface area contributed by atoms with E-state index in [1.807, 2.05) is 25.7 Å². The van der Waals surface area contributed by atoms with Crippen LogP contribution < -0.4 is 10.4 Å². The van der Waals surface area contributed by atoms with Crippen LogP contribution >= 0.6 is 22.6 Å². The summed E-state index contributed by atoms with van der Waals surface area (Å²) < 4.78 is 13.2. The van der Waals surface area contributed by atoms with E-state index in [1.165, 1.54) is 10.4 Å². The quantitative estimate of drug-likeness (QED) is 0.278. The topological polar surface area (TPSA) is 38.8 Å². The second-order valence-corrected chi connectivity index (χ2v) is 16.7. The molecule has 0 bridgehead atoms. The highest BCUT2D eigenvalue weighted by atomic mass is 127. The highest BCUT2D eigenvalue weighted by Gasteiger charge is 2.51. The van der Waals surface area contributed by atoms with Crippen molar-refractivity contribution in [2.75, 3.05) is 13.2 Å². The van der Waals surface area contributed by atoms with Crippen molar-refractivity contribution in [1.29, 1.82) is 0 Å². The van der Waals surface area contributed by atoms with E-state index in [9.17, 15) is 4.79 Å². The van der Waals surface area contributed by atoms with Crippen molar-refractivity contribution >= 4 is 47.4 Å². The SMILES string of the molecule is CC(C)(C)OC(=O)N1CC(I)C[C@@H]1CO[Si](c1ccccc1)(c1ccccc1)C(C)(C)C. The molecule has 1 amide bonds. The molecule has 1 heterocycles. The van der Waals surface area contributed by atoms with Crippen molar-refractivity contribution in [3.63, 3.8) is 0 Å². The first-order chi connectivity index (χ1) is 14.9. The predicted octanol–water partition coefficient (Wildman–Crippen LogP) is 5.38. The van der Waals surface area contributed by atoms with Gasteiger partial charge in [0.2, 0.25) is 0 Å². The lowest BCUT2D eigenvalue weighted by Gasteiger charge is -2.44. The summed E-state index contributed by atoms with van der Waals surface area (Å²) >= 11 is 2.44. The molecule has 0 aromatic heterocycles. The molecule has 2 atom stereocenters. The van der Waals surface area contributed by atoms with Gasteiger partial charge in [-0.25, -0.2) is 4.79 Å². The fourth-order valence-corrected chi connectivity index (χ4v) is 10.2. The molecule has 0 radical (unpaired) electrons. The number of carbonyl (C=O) groups is 1. The molecular weight excluding hydrogens is 529 g/mol.